The van der Waals surface area contributed by atoms with Crippen molar-refractivity contribution < 1.29 is 0 Å². The highest BCUT2D eigenvalue weighted by atomic mass is 15.3. The van der Waals surface area contributed by atoms with Crippen molar-refractivity contribution in [2.75, 3.05) is 0 Å². The molecule has 0 saturated carbocycles. The number of nitrogens with zero attached hydrogens (tertiary/aromatic N) is 4. The van der Waals surface area contributed by atoms with Crippen LogP contribution in [-0.2, 0) is 11.8 Å². The SMILES string of the molecule is CCCCc1nc2ccccc2c2nc(-c3ccc(C(C)(C)C)cc3)nn12. The van der Waals surface area contributed by atoms with E-state index >= 15 is 0 Å². The Labute approximate surface area is 160 Å². The van der Waals surface area contributed by atoms with Crippen LogP contribution in [0, 0.1) is 0 Å². The second kappa shape index (κ2) is 6.76. The molecule has 0 unspecified atom stereocenters. The minimum absolute atomic E-state index is 0.137. The number of aromatic nitrogens is 4. The van der Waals surface area contributed by atoms with Crippen LogP contribution in [0.5, 0.6) is 0 Å². The first-order chi connectivity index (χ1) is 13.0. The fraction of sp³-hybridized carbons (Fsp3) is 0.348. The van der Waals surface area contributed by atoms with Gasteiger partial charge in [0.25, 0.3) is 0 Å². The van der Waals surface area contributed by atoms with Crippen LogP contribution in [-0.4, -0.2) is 19.6 Å². The van der Waals surface area contributed by atoms with Crippen molar-refractivity contribution >= 4 is 16.6 Å². The standard InChI is InChI=1S/C23H26N4/c1-5-6-11-20-24-19-10-8-7-9-18(19)22-25-21(26-27(20)22)16-12-14-17(15-13-16)23(2,3)4/h7-10,12-15H,5-6,11H2,1-4H3. The number of rotatable bonds is 4. The molecule has 138 valence electrons. The van der Waals surface area contributed by atoms with Crippen LogP contribution in [0.15, 0.2) is 48.5 Å². The smallest absolute Gasteiger partial charge is 0.182 e. The number of fused-ring (bicyclic) bond motifs is 3. The van der Waals surface area contributed by atoms with Crippen LogP contribution in [0.25, 0.3) is 27.9 Å². The summed E-state index contributed by atoms with van der Waals surface area (Å²) >= 11 is 0. The molecule has 2 aromatic heterocycles. The van der Waals surface area contributed by atoms with Gasteiger partial charge in [-0.1, -0.05) is 70.5 Å². The lowest BCUT2D eigenvalue weighted by atomic mass is 9.87. The third kappa shape index (κ3) is 3.32. The van der Waals surface area contributed by atoms with Gasteiger partial charge in [0.2, 0.25) is 0 Å². The lowest BCUT2D eigenvalue weighted by Gasteiger charge is -2.18. The minimum atomic E-state index is 0.137. The molecular weight excluding hydrogens is 332 g/mol. The molecule has 0 atom stereocenters. The van der Waals surface area contributed by atoms with Gasteiger partial charge in [0, 0.05) is 17.4 Å². The molecule has 0 amide bonds. The van der Waals surface area contributed by atoms with Gasteiger partial charge in [-0.05, 0) is 29.5 Å². The molecule has 2 heterocycles. The molecule has 0 aliphatic rings. The van der Waals surface area contributed by atoms with E-state index in [4.69, 9.17) is 15.1 Å². The second-order valence-corrected chi connectivity index (χ2v) is 8.15. The van der Waals surface area contributed by atoms with Crippen LogP contribution in [0.1, 0.15) is 51.9 Å². The van der Waals surface area contributed by atoms with E-state index in [9.17, 15) is 0 Å². The summed E-state index contributed by atoms with van der Waals surface area (Å²) in [6.07, 6.45) is 3.13. The number of para-hydroxylation sites is 1. The Morgan fingerprint density at radius 3 is 2.37 bits per heavy atom. The summed E-state index contributed by atoms with van der Waals surface area (Å²) < 4.78 is 1.94. The van der Waals surface area contributed by atoms with E-state index in [1.165, 1.54) is 5.56 Å². The molecule has 27 heavy (non-hydrogen) atoms. The molecule has 4 nitrogen and oxygen atoms in total. The Hall–Kier alpha value is -2.75. The van der Waals surface area contributed by atoms with Gasteiger partial charge < -0.3 is 0 Å². The average Bonchev–Trinajstić information content (AvgIpc) is 3.11. The highest BCUT2D eigenvalue weighted by Gasteiger charge is 2.16. The lowest BCUT2D eigenvalue weighted by molar-refractivity contribution is 0.590. The predicted octanol–water partition coefficient (Wildman–Crippen LogP) is 5.58. The van der Waals surface area contributed by atoms with Gasteiger partial charge in [0.1, 0.15) is 5.82 Å². The number of hydrogen-bond donors (Lipinski definition) is 0. The topological polar surface area (TPSA) is 43.1 Å². The third-order valence-corrected chi connectivity index (χ3v) is 5.01. The van der Waals surface area contributed by atoms with Crippen LogP contribution in [0.4, 0.5) is 0 Å². The Balaban J connectivity index is 1.86. The number of benzene rings is 2. The first-order valence-corrected chi connectivity index (χ1v) is 9.72. The Morgan fingerprint density at radius 2 is 1.67 bits per heavy atom. The van der Waals surface area contributed by atoms with E-state index in [1.54, 1.807) is 0 Å². The van der Waals surface area contributed by atoms with Crippen LogP contribution >= 0.6 is 0 Å². The molecule has 0 spiro atoms. The maximum Gasteiger partial charge on any atom is 0.182 e. The molecule has 4 rings (SSSR count). The monoisotopic (exact) mass is 358 g/mol. The molecule has 0 fully saturated rings. The first kappa shape index (κ1) is 17.7. The largest absolute Gasteiger partial charge is 0.233 e. The van der Waals surface area contributed by atoms with Crippen molar-refractivity contribution in [3.05, 3.63) is 59.9 Å². The summed E-state index contributed by atoms with van der Waals surface area (Å²) in [5.41, 5.74) is 4.36. The van der Waals surface area contributed by atoms with Crippen molar-refractivity contribution in [1.29, 1.82) is 0 Å². The van der Waals surface area contributed by atoms with Gasteiger partial charge >= 0.3 is 0 Å². The summed E-state index contributed by atoms with van der Waals surface area (Å²) in [5.74, 6) is 1.74. The maximum atomic E-state index is 4.88. The van der Waals surface area contributed by atoms with E-state index in [0.29, 0.717) is 0 Å². The van der Waals surface area contributed by atoms with E-state index in [1.807, 2.05) is 16.6 Å². The Bertz CT molecular complexity index is 1090. The van der Waals surface area contributed by atoms with E-state index < -0.39 is 0 Å². The summed E-state index contributed by atoms with van der Waals surface area (Å²) in [5, 5.41) is 5.87. The van der Waals surface area contributed by atoms with Crippen molar-refractivity contribution in [2.24, 2.45) is 0 Å². The molecule has 4 aromatic rings. The van der Waals surface area contributed by atoms with E-state index in [0.717, 1.165) is 53.0 Å². The molecule has 0 aliphatic heterocycles. The van der Waals surface area contributed by atoms with Crippen molar-refractivity contribution in [1.82, 2.24) is 19.6 Å². The normalized spacial score (nSPS) is 12.1. The summed E-state index contributed by atoms with van der Waals surface area (Å²) in [6, 6.07) is 16.8. The molecule has 0 aliphatic carbocycles. The first-order valence-electron chi connectivity index (χ1n) is 9.72. The van der Waals surface area contributed by atoms with Gasteiger partial charge in [-0.3, -0.25) is 0 Å². The van der Waals surface area contributed by atoms with Crippen molar-refractivity contribution in [3.63, 3.8) is 0 Å². The van der Waals surface area contributed by atoms with Crippen LogP contribution in [0.3, 0.4) is 0 Å². The third-order valence-electron chi connectivity index (χ3n) is 5.01. The van der Waals surface area contributed by atoms with Gasteiger partial charge in [-0.15, -0.1) is 5.10 Å². The van der Waals surface area contributed by atoms with Gasteiger partial charge in [-0.25, -0.2) is 9.97 Å². The summed E-state index contributed by atoms with van der Waals surface area (Å²) in [6.45, 7) is 8.87. The average molecular weight is 358 g/mol. The van der Waals surface area contributed by atoms with Gasteiger partial charge in [0.05, 0.1) is 5.52 Å². The molecular formula is C23H26N4. The van der Waals surface area contributed by atoms with E-state index in [2.05, 4.69) is 64.1 Å². The fourth-order valence-corrected chi connectivity index (χ4v) is 3.35. The zero-order chi connectivity index (χ0) is 19.0. The quantitative estimate of drug-likeness (QED) is 0.478. The molecule has 0 saturated heterocycles. The van der Waals surface area contributed by atoms with Crippen molar-refractivity contribution in [2.45, 2.75) is 52.4 Å². The molecule has 0 N–H and O–H groups in total. The molecule has 2 aromatic carbocycles. The minimum Gasteiger partial charge on any atom is -0.233 e. The second-order valence-electron chi connectivity index (χ2n) is 8.15. The zero-order valence-electron chi connectivity index (χ0n) is 16.5. The van der Waals surface area contributed by atoms with E-state index in [-0.39, 0.29) is 5.41 Å². The fourth-order valence-electron chi connectivity index (χ4n) is 3.35. The zero-order valence-corrected chi connectivity index (χ0v) is 16.5. The van der Waals surface area contributed by atoms with Crippen LogP contribution < -0.4 is 0 Å². The highest BCUT2D eigenvalue weighted by molar-refractivity contribution is 5.91. The van der Waals surface area contributed by atoms with Crippen molar-refractivity contribution in [3.8, 4) is 11.4 Å². The molecule has 0 bridgehead atoms. The summed E-state index contributed by atoms with van der Waals surface area (Å²) in [7, 11) is 0. The molecule has 4 heteroatoms. The van der Waals surface area contributed by atoms with Gasteiger partial charge in [-0.2, -0.15) is 4.52 Å². The van der Waals surface area contributed by atoms with Gasteiger partial charge in [0.15, 0.2) is 11.5 Å². The molecule has 0 radical (unpaired) electrons. The Kier molecular flexibility index (Phi) is 4.42. The summed E-state index contributed by atoms with van der Waals surface area (Å²) in [4.78, 5) is 9.74. The Morgan fingerprint density at radius 1 is 0.926 bits per heavy atom. The number of hydrogen-bond acceptors (Lipinski definition) is 3. The number of aryl methyl sites for hydroxylation is 1. The maximum absolute atomic E-state index is 4.88. The predicted molar refractivity (Wildman–Crippen MR) is 111 cm³/mol. The number of unbranched alkanes of at least 4 members (excludes halogenated alkanes) is 1. The van der Waals surface area contributed by atoms with Crippen LogP contribution in [0.2, 0.25) is 0 Å². The highest BCUT2D eigenvalue weighted by Crippen LogP contribution is 2.26. The lowest BCUT2D eigenvalue weighted by Crippen LogP contribution is -2.10.